The smallest absolute Gasteiger partial charge is 0.163 e. The first-order chi connectivity index (χ1) is 9.06. The van der Waals surface area contributed by atoms with Gasteiger partial charge in [0.1, 0.15) is 18.1 Å². The molecule has 0 aliphatic rings. The average Bonchev–Trinajstić information content (AvgIpc) is 2.37. The Morgan fingerprint density at radius 1 is 1.26 bits per heavy atom. The van der Waals surface area contributed by atoms with Crippen LogP contribution in [0.1, 0.15) is 22.8 Å². The summed E-state index contributed by atoms with van der Waals surface area (Å²) in [7, 11) is 0. The molecule has 0 saturated carbocycles. The minimum atomic E-state index is -0.103. The Bertz CT molecular complexity index is 608. The van der Waals surface area contributed by atoms with Gasteiger partial charge in [-0.2, -0.15) is 0 Å². The molecule has 3 nitrogen and oxygen atoms in total. The van der Waals surface area contributed by atoms with Crippen molar-refractivity contribution in [2.75, 3.05) is 0 Å². The number of aromatic hydroxyl groups is 1. The molecule has 1 N–H and O–H groups in total. The highest BCUT2D eigenvalue weighted by atomic mass is 35.5. The summed E-state index contributed by atoms with van der Waals surface area (Å²) in [4.78, 5) is 11.5. The van der Waals surface area contributed by atoms with Crippen LogP contribution in [0.2, 0.25) is 5.02 Å². The zero-order valence-corrected chi connectivity index (χ0v) is 11.1. The lowest BCUT2D eigenvalue weighted by molar-refractivity contribution is 0.101. The number of carbonyl (C=O) groups excluding carboxylic acids is 1. The molecule has 0 radical (unpaired) electrons. The summed E-state index contributed by atoms with van der Waals surface area (Å²) in [5.41, 5.74) is 1.28. The van der Waals surface area contributed by atoms with Crippen molar-refractivity contribution in [3.8, 4) is 11.5 Å². The molecule has 0 atom stereocenters. The van der Waals surface area contributed by atoms with Crippen molar-refractivity contribution < 1.29 is 14.6 Å². The van der Waals surface area contributed by atoms with Crippen LogP contribution in [-0.4, -0.2) is 10.9 Å². The third-order valence-corrected chi connectivity index (χ3v) is 2.86. The van der Waals surface area contributed by atoms with E-state index in [1.54, 1.807) is 36.4 Å². The van der Waals surface area contributed by atoms with Crippen molar-refractivity contribution in [1.29, 1.82) is 0 Å². The first-order valence-corrected chi connectivity index (χ1v) is 6.15. The standard InChI is InChI=1S/C15H13ClO3/c1-10(17)14-8-12(16)5-6-15(14)19-9-11-3-2-4-13(18)7-11/h2-8,18H,9H2,1H3. The van der Waals surface area contributed by atoms with E-state index in [2.05, 4.69) is 0 Å². The van der Waals surface area contributed by atoms with Crippen LogP contribution in [0.4, 0.5) is 0 Å². The Morgan fingerprint density at radius 3 is 2.74 bits per heavy atom. The molecule has 0 spiro atoms. The van der Waals surface area contributed by atoms with Gasteiger partial charge in [-0.05, 0) is 42.8 Å². The predicted octanol–water partition coefficient (Wildman–Crippen LogP) is 3.83. The van der Waals surface area contributed by atoms with Gasteiger partial charge in [0.2, 0.25) is 0 Å². The molecule has 4 heteroatoms. The summed E-state index contributed by atoms with van der Waals surface area (Å²) in [5.74, 6) is 0.567. The lowest BCUT2D eigenvalue weighted by Crippen LogP contribution is -2.01. The summed E-state index contributed by atoms with van der Waals surface area (Å²) in [6.45, 7) is 1.74. The third kappa shape index (κ3) is 3.48. The molecule has 2 aromatic carbocycles. The van der Waals surface area contributed by atoms with Crippen LogP contribution in [0.25, 0.3) is 0 Å². The molecule has 0 aromatic heterocycles. The number of halogens is 1. The fourth-order valence-corrected chi connectivity index (χ4v) is 1.88. The highest BCUT2D eigenvalue weighted by Gasteiger charge is 2.09. The van der Waals surface area contributed by atoms with Crippen LogP contribution in [0.15, 0.2) is 42.5 Å². The van der Waals surface area contributed by atoms with Gasteiger partial charge in [-0.25, -0.2) is 0 Å². The van der Waals surface area contributed by atoms with Crippen molar-refractivity contribution in [1.82, 2.24) is 0 Å². The first-order valence-electron chi connectivity index (χ1n) is 5.77. The zero-order chi connectivity index (χ0) is 13.8. The topological polar surface area (TPSA) is 46.5 Å². The Hall–Kier alpha value is -2.00. The molecule has 0 aliphatic carbocycles. The van der Waals surface area contributed by atoms with E-state index in [0.717, 1.165) is 5.56 Å². The molecule has 0 amide bonds. The summed E-state index contributed by atoms with van der Waals surface area (Å²) in [6.07, 6.45) is 0. The van der Waals surface area contributed by atoms with Gasteiger partial charge in [-0.1, -0.05) is 23.7 Å². The van der Waals surface area contributed by atoms with Gasteiger partial charge < -0.3 is 9.84 Å². The van der Waals surface area contributed by atoms with Gasteiger partial charge >= 0.3 is 0 Å². The maximum absolute atomic E-state index is 11.5. The van der Waals surface area contributed by atoms with Crippen molar-refractivity contribution >= 4 is 17.4 Å². The molecular formula is C15H13ClO3. The van der Waals surface area contributed by atoms with Crippen LogP contribution in [-0.2, 0) is 6.61 Å². The van der Waals surface area contributed by atoms with Crippen LogP contribution < -0.4 is 4.74 Å². The maximum atomic E-state index is 11.5. The first kappa shape index (κ1) is 13.4. The van der Waals surface area contributed by atoms with Gasteiger partial charge in [0.25, 0.3) is 0 Å². The Morgan fingerprint density at radius 2 is 2.05 bits per heavy atom. The fraction of sp³-hybridized carbons (Fsp3) is 0.133. The molecule has 19 heavy (non-hydrogen) atoms. The number of hydrogen-bond donors (Lipinski definition) is 1. The molecule has 0 saturated heterocycles. The Kier molecular flexibility index (Phi) is 4.07. The monoisotopic (exact) mass is 276 g/mol. The number of rotatable bonds is 4. The number of ether oxygens (including phenoxy) is 1. The van der Waals surface area contributed by atoms with Crippen LogP contribution >= 0.6 is 11.6 Å². The minimum Gasteiger partial charge on any atom is -0.508 e. The van der Waals surface area contributed by atoms with Crippen LogP contribution in [0, 0.1) is 0 Å². The highest BCUT2D eigenvalue weighted by molar-refractivity contribution is 6.31. The number of Topliss-reactive ketones (excluding diaryl/α,β-unsaturated/α-hetero) is 1. The Balaban J connectivity index is 2.17. The van der Waals surface area contributed by atoms with Gasteiger partial charge in [0.15, 0.2) is 5.78 Å². The number of phenolic OH excluding ortho intramolecular Hbond substituents is 1. The number of ketones is 1. The zero-order valence-electron chi connectivity index (χ0n) is 10.4. The average molecular weight is 277 g/mol. The van der Waals surface area contributed by atoms with Crippen LogP contribution in [0.3, 0.4) is 0 Å². The second kappa shape index (κ2) is 5.76. The van der Waals surface area contributed by atoms with E-state index >= 15 is 0 Å². The summed E-state index contributed by atoms with van der Waals surface area (Å²) >= 11 is 5.86. The second-order valence-corrected chi connectivity index (χ2v) is 4.59. The van der Waals surface area contributed by atoms with Gasteiger partial charge in [0.05, 0.1) is 5.56 Å². The van der Waals surface area contributed by atoms with Crippen LogP contribution in [0.5, 0.6) is 11.5 Å². The molecule has 0 bridgehead atoms. The molecule has 0 aliphatic heterocycles. The molecule has 2 rings (SSSR count). The number of phenols is 1. The third-order valence-electron chi connectivity index (χ3n) is 2.63. The van der Waals surface area contributed by atoms with E-state index in [0.29, 0.717) is 16.3 Å². The lowest BCUT2D eigenvalue weighted by Gasteiger charge is -2.10. The quantitative estimate of drug-likeness (QED) is 0.864. The summed E-state index contributed by atoms with van der Waals surface area (Å²) in [5, 5.41) is 9.86. The van der Waals surface area contributed by atoms with E-state index in [1.165, 1.54) is 6.92 Å². The van der Waals surface area contributed by atoms with Gasteiger partial charge in [0, 0.05) is 5.02 Å². The Labute approximate surface area is 116 Å². The predicted molar refractivity (Wildman–Crippen MR) is 73.9 cm³/mol. The molecular weight excluding hydrogens is 264 g/mol. The van der Waals surface area contributed by atoms with Crippen molar-refractivity contribution in [3.63, 3.8) is 0 Å². The molecule has 0 unspecified atom stereocenters. The SMILES string of the molecule is CC(=O)c1cc(Cl)ccc1OCc1cccc(O)c1. The number of hydrogen-bond acceptors (Lipinski definition) is 3. The van der Waals surface area contributed by atoms with E-state index in [1.807, 2.05) is 6.07 Å². The fourth-order valence-electron chi connectivity index (χ4n) is 1.71. The van der Waals surface area contributed by atoms with Crippen molar-refractivity contribution in [2.24, 2.45) is 0 Å². The molecule has 2 aromatic rings. The number of carbonyl (C=O) groups is 1. The van der Waals surface area contributed by atoms with E-state index < -0.39 is 0 Å². The summed E-state index contributed by atoms with van der Waals surface area (Å²) < 4.78 is 5.60. The molecule has 0 fully saturated rings. The van der Waals surface area contributed by atoms with Crippen molar-refractivity contribution in [2.45, 2.75) is 13.5 Å². The molecule has 98 valence electrons. The summed E-state index contributed by atoms with van der Waals surface area (Å²) in [6, 6.07) is 11.7. The van der Waals surface area contributed by atoms with E-state index in [9.17, 15) is 9.90 Å². The number of benzene rings is 2. The normalized spacial score (nSPS) is 10.2. The second-order valence-electron chi connectivity index (χ2n) is 4.16. The maximum Gasteiger partial charge on any atom is 0.163 e. The van der Waals surface area contributed by atoms with Crippen molar-refractivity contribution in [3.05, 3.63) is 58.6 Å². The highest BCUT2D eigenvalue weighted by Crippen LogP contribution is 2.24. The largest absolute Gasteiger partial charge is 0.508 e. The minimum absolute atomic E-state index is 0.103. The van der Waals surface area contributed by atoms with Gasteiger partial charge in [-0.15, -0.1) is 0 Å². The van der Waals surface area contributed by atoms with Gasteiger partial charge in [-0.3, -0.25) is 4.79 Å². The molecule has 0 heterocycles. The lowest BCUT2D eigenvalue weighted by atomic mass is 10.1. The van der Waals surface area contributed by atoms with E-state index in [-0.39, 0.29) is 18.1 Å². The van der Waals surface area contributed by atoms with E-state index in [4.69, 9.17) is 16.3 Å².